The van der Waals surface area contributed by atoms with Crippen LogP contribution in [0.5, 0.6) is 0 Å². The summed E-state index contributed by atoms with van der Waals surface area (Å²) in [6.07, 6.45) is 2.50. The molecule has 26 heavy (non-hydrogen) atoms. The normalized spacial score (nSPS) is 10.9. The summed E-state index contributed by atoms with van der Waals surface area (Å²) >= 11 is 1.36. The Morgan fingerprint density at radius 2 is 2.04 bits per heavy atom. The van der Waals surface area contributed by atoms with Gasteiger partial charge in [0, 0.05) is 42.9 Å². The Kier molecular flexibility index (Phi) is 6.79. The van der Waals surface area contributed by atoms with E-state index in [-0.39, 0.29) is 23.9 Å². The number of hydrogen-bond donors (Lipinski definition) is 1. The largest absolute Gasteiger partial charge is 0.370 e. The van der Waals surface area contributed by atoms with Gasteiger partial charge in [0.2, 0.25) is 5.91 Å². The monoisotopic (exact) mass is 375 g/mol. The molecule has 0 saturated heterocycles. The van der Waals surface area contributed by atoms with Gasteiger partial charge in [-0.05, 0) is 26.8 Å². The first-order valence-electron chi connectivity index (χ1n) is 8.53. The number of aryl methyl sites for hydroxylation is 2. The van der Waals surface area contributed by atoms with Gasteiger partial charge in [0.1, 0.15) is 5.82 Å². The third-order valence-electron chi connectivity index (χ3n) is 4.22. The maximum Gasteiger partial charge on any atom is 0.217 e. The fourth-order valence-corrected chi connectivity index (χ4v) is 3.77. The molecule has 0 aliphatic heterocycles. The first kappa shape index (κ1) is 20.0. The number of hydrogen-bond acceptors (Lipinski definition) is 5. The van der Waals surface area contributed by atoms with E-state index in [0.717, 1.165) is 17.0 Å². The average Bonchev–Trinajstić information content (AvgIpc) is 3.13. The minimum Gasteiger partial charge on any atom is -0.370 e. The Morgan fingerprint density at radius 3 is 2.65 bits per heavy atom. The van der Waals surface area contributed by atoms with Gasteiger partial charge in [0.25, 0.3) is 0 Å². The van der Waals surface area contributed by atoms with Crippen LogP contribution in [0, 0.1) is 13.8 Å². The molecule has 2 rings (SSSR count). The second-order valence-electron chi connectivity index (χ2n) is 6.01. The molecule has 0 unspecified atom stereocenters. The Hall–Kier alpha value is -2.35. The molecule has 0 radical (unpaired) electrons. The van der Waals surface area contributed by atoms with Gasteiger partial charge in [-0.15, -0.1) is 16.8 Å². The number of carbonyl (C=O) groups excluding carboxylic acids is 2. The molecule has 7 nitrogen and oxygen atoms in total. The van der Waals surface area contributed by atoms with Crippen LogP contribution in [-0.2, 0) is 24.3 Å². The van der Waals surface area contributed by atoms with Crippen molar-refractivity contribution in [3.05, 3.63) is 41.5 Å². The SMILES string of the molecule is C=CCn1c(C)cc(C(=O)CSc2nnc(CCC(N)=O)n2CC)c1C. The number of ketones is 1. The fraction of sp³-hybridized carbons (Fsp3) is 0.444. The van der Waals surface area contributed by atoms with Gasteiger partial charge >= 0.3 is 0 Å². The van der Waals surface area contributed by atoms with Crippen LogP contribution in [0.1, 0.15) is 40.9 Å². The van der Waals surface area contributed by atoms with E-state index in [1.807, 2.05) is 37.5 Å². The third-order valence-corrected chi connectivity index (χ3v) is 5.19. The van der Waals surface area contributed by atoms with Crippen LogP contribution >= 0.6 is 11.8 Å². The molecule has 0 saturated carbocycles. The van der Waals surface area contributed by atoms with E-state index in [9.17, 15) is 9.59 Å². The van der Waals surface area contributed by atoms with Crippen molar-refractivity contribution in [2.45, 2.75) is 51.9 Å². The number of nitrogens with zero attached hydrogens (tertiary/aromatic N) is 4. The zero-order chi connectivity index (χ0) is 19.3. The third kappa shape index (κ3) is 4.43. The summed E-state index contributed by atoms with van der Waals surface area (Å²) in [6, 6.07) is 1.92. The highest BCUT2D eigenvalue weighted by molar-refractivity contribution is 7.99. The molecule has 0 aliphatic carbocycles. The lowest BCUT2D eigenvalue weighted by Gasteiger charge is -2.07. The maximum absolute atomic E-state index is 12.7. The Bertz CT molecular complexity index is 822. The minimum atomic E-state index is -0.366. The summed E-state index contributed by atoms with van der Waals surface area (Å²) in [6.45, 7) is 11.0. The molecule has 0 spiro atoms. The number of carbonyl (C=O) groups is 2. The molecule has 0 bridgehead atoms. The highest BCUT2D eigenvalue weighted by Crippen LogP contribution is 2.22. The first-order valence-corrected chi connectivity index (χ1v) is 9.51. The molecule has 2 aromatic rings. The predicted molar refractivity (Wildman–Crippen MR) is 102 cm³/mol. The van der Waals surface area contributed by atoms with Gasteiger partial charge in [-0.25, -0.2) is 0 Å². The van der Waals surface area contributed by atoms with Crippen LogP contribution in [0.15, 0.2) is 23.9 Å². The number of Topliss-reactive ketones (excluding diaryl/α,β-unsaturated/α-hetero) is 1. The lowest BCUT2D eigenvalue weighted by Crippen LogP contribution is -2.13. The molecule has 0 aliphatic rings. The molecule has 8 heteroatoms. The Labute approximate surface area is 157 Å². The number of rotatable bonds is 10. The van der Waals surface area contributed by atoms with Crippen LogP contribution in [0.4, 0.5) is 0 Å². The number of aromatic nitrogens is 4. The summed E-state index contributed by atoms with van der Waals surface area (Å²) in [5.41, 5.74) is 7.92. The van der Waals surface area contributed by atoms with Gasteiger partial charge in [-0.2, -0.15) is 0 Å². The lowest BCUT2D eigenvalue weighted by molar-refractivity contribution is -0.118. The van der Waals surface area contributed by atoms with Crippen molar-refractivity contribution in [2.24, 2.45) is 5.73 Å². The standard InChI is InChI=1S/C18H25N5O2S/c1-5-9-23-12(3)10-14(13(23)4)15(24)11-26-18-21-20-17(22(18)6-2)8-7-16(19)25/h5,10H,1,6-9,11H2,2-4H3,(H2,19,25). The highest BCUT2D eigenvalue weighted by atomic mass is 32.2. The van der Waals surface area contributed by atoms with E-state index >= 15 is 0 Å². The Balaban J connectivity index is 2.09. The average molecular weight is 375 g/mol. The zero-order valence-corrected chi connectivity index (χ0v) is 16.3. The van der Waals surface area contributed by atoms with Crippen LogP contribution in [0.2, 0.25) is 0 Å². The lowest BCUT2D eigenvalue weighted by atomic mass is 10.2. The molecule has 2 aromatic heterocycles. The number of allylic oxidation sites excluding steroid dienone is 1. The number of amides is 1. The summed E-state index contributed by atoms with van der Waals surface area (Å²) in [7, 11) is 0. The quantitative estimate of drug-likeness (QED) is 0.390. The van der Waals surface area contributed by atoms with Crippen molar-refractivity contribution >= 4 is 23.5 Å². The van der Waals surface area contributed by atoms with Crippen LogP contribution in [-0.4, -0.2) is 36.8 Å². The zero-order valence-electron chi connectivity index (χ0n) is 15.5. The first-order chi connectivity index (χ1) is 12.4. The number of thioether (sulfide) groups is 1. The van der Waals surface area contributed by atoms with E-state index in [1.165, 1.54) is 11.8 Å². The van der Waals surface area contributed by atoms with Crippen molar-refractivity contribution in [1.82, 2.24) is 19.3 Å². The van der Waals surface area contributed by atoms with E-state index < -0.39 is 0 Å². The summed E-state index contributed by atoms with van der Waals surface area (Å²) in [4.78, 5) is 23.6. The van der Waals surface area contributed by atoms with Crippen molar-refractivity contribution in [3.63, 3.8) is 0 Å². The van der Waals surface area contributed by atoms with Gasteiger partial charge < -0.3 is 14.9 Å². The van der Waals surface area contributed by atoms with Crippen LogP contribution in [0.25, 0.3) is 0 Å². The minimum absolute atomic E-state index is 0.0581. The van der Waals surface area contributed by atoms with Crippen LogP contribution < -0.4 is 5.73 Å². The predicted octanol–water partition coefficient (Wildman–Crippen LogP) is 2.30. The van der Waals surface area contributed by atoms with Gasteiger partial charge in [0.15, 0.2) is 10.9 Å². The number of primary amides is 1. The molecule has 0 fully saturated rings. The van der Waals surface area contributed by atoms with Crippen molar-refractivity contribution in [1.29, 1.82) is 0 Å². The molecular formula is C18H25N5O2S. The smallest absolute Gasteiger partial charge is 0.217 e. The van der Waals surface area contributed by atoms with Crippen LogP contribution in [0.3, 0.4) is 0 Å². The molecule has 0 atom stereocenters. The van der Waals surface area contributed by atoms with Crippen molar-refractivity contribution in [3.8, 4) is 0 Å². The summed E-state index contributed by atoms with van der Waals surface area (Å²) in [5.74, 6) is 0.690. The highest BCUT2D eigenvalue weighted by Gasteiger charge is 2.18. The van der Waals surface area contributed by atoms with Crippen molar-refractivity contribution < 1.29 is 9.59 Å². The molecule has 140 valence electrons. The molecule has 1 amide bonds. The molecule has 2 N–H and O–H groups in total. The van der Waals surface area contributed by atoms with Crippen molar-refractivity contribution in [2.75, 3.05) is 5.75 Å². The second-order valence-corrected chi connectivity index (χ2v) is 6.95. The number of nitrogens with two attached hydrogens (primary N) is 1. The Morgan fingerprint density at radius 1 is 1.31 bits per heavy atom. The molecule has 2 heterocycles. The second kappa shape index (κ2) is 8.84. The van der Waals surface area contributed by atoms with E-state index in [4.69, 9.17) is 5.73 Å². The van der Waals surface area contributed by atoms with E-state index in [0.29, 0.717) is 30.5 Å². The molecule has 0 aromatic carbocycles. The topological polar surface area (TPSA) is 95.8 Å². The summed E-state index contributed by atoms with van der Waals surface area (Å²) in [5, 5.41) is 8.97. The van der Waals surface area contributed by atoms with Gasteiger partial charge in [0.05, 0.1) is 5.75 Å². The van der Waals surface area contributed by atoms with Gasteiger partial charge in [-0.1, -0.05) is 17.8 Å². The summed E-state index contributed by atoms with van der Waals surface area (Å²) < 4.78 is 3.99. The maximum atomic E-state index is 12.7. The van der Waals surface area contributed by atoms with Gasteiger partial charge in [-0.3, -0.25) is 9.59 Å². The molecular weight excluding hydrogens is 350 g/mol. The van der Waals surface area contributed by atoms with E-state index in [2.05, 4.69) is 21.3 Å². The van der Waals surface area contributed by atoms with E-state index in [1.54, 1.807) is 0 Å². The fourth-order valence-electron chi connectivity index (χ4n) is 2.86.